The average molecular weight is 614 g/mol. The van der Waals surface area contributed by atoms with Crippen LogP contribution in [0, 0.1) is 11.7 Å². The second kappa shape index (κ2) is 14.0. The van der Waals surface area contributed by atoms with Crippen LogP contribution in [-0.2, 0) is 26.0 Å². The number of benzene rings is 3. The number of rotatable bonds is 13. The molecule has 1 aliphatic heterocycles. The summed E-state index contributed by atoms with van der Waals surface area (Å²) in [7, 11) is -2.53. The maximum absolute atomic E-state index is 13.7. The van der Waals surface area contributed by atoms with Crippen molar-refractivity contribution in [2.24, 2.45) is 5.92 Å². The van der Waals surface area contributed by atoms with Crippen LogP contribution < -0.4 is 15.0 Å². The van der Waals surface area contributed by atoms with Crippen LogP contribution in [0.15, 0.2) is 83.8 Å². The number of amides is 2. The highest BCUT2D eigenvalue weighted by Crippen LogP contribution is 2.24. The number of anilines is 1. The molecule has 1 fully saturated rings. The minimum atomic E-state index is -4.02. The number of ether oxygens (including phenoxy) is 2. The van der Waals surface area contributed by atoms with E-state index in [1.807, 2.05) is 44.2 Å². The molecule has 2 amide bonds. The van der Waals surface area contributed by atoms with E-state index in [2.05, 4.69) is 5.32 Å². The molecular formula is C31H36FN3O7S. The standard InChI is InChI=1S/C31H36FN3O7S/c1-21(2)18-34(43(39,40)26-14-12-25(41-3)13-15-26)19-28(36)27(16-22-8-5-4-6-9-22)33-30(37)29-20-35(31(38)42-29)24-11-7-10-23(32)17-24/h4-15,17,21,27-29,36H,16,18-20H2,1-3H3,(H,33,37)/t27-,28-,29-/m0/s1. The molecule has 0 unspecified atom stereocenters. The molecule has 10 nitrogen and oxygen atoms in total. The summed E-state index contributed by atoms with van der Waals surface area (Å²) in [6.07, 6.45) is -3.18. The minimum absolute atomic E-state index is 0.0418. The molecule has 4 rings (SSSR count). The quantitative estimate of drug-likeness (QED) is 0.302. The van der Waals surface area contributed by atoms with Crippen LogP contribution in [0.3, 0.4) is 0 Å². The molecule has 1 saturated heterocycles. The molecule has 43 heavy (non-hydrogen) atoms. The number of hydrogen-bond acceptors (Lipinski definition) is 7. The van der Waals surface area contributed by atoms with Gasteiger partial charge in [0.25, 0.3) is 5.91 Å². The fraction of sp³-hybridized carbons (Fsp3) is 0.355. The van der Waals surface area contributed by atoms with Gasteiger partial charge >= 0.3 is 6.09 Å². The molecule has 0 bridgehead atoms. The average Bonchev–Trinajstić information content (AvgIpc) is 3.38. The van der Waals surface area contributed by atoms with E-state index in [-0.39, 0.29) is 42.6 Å². The summed E-state index contributed by atoms with van der Waals surface area (Å²) in [5.41, 5.74) is 1.04. The predicted octanol–water partition coefficient (Wildman–Crippen LogP) is 3.59. The maximum atomic E-state index is 13.7. The van der Waals surface area contributed by atoms with Gasteiger partial charge in [0, 0.05) is 13.1 Å². The number of nitrogens with zero attached hydrogens (tertiary/aromatic N) is 2. The van der Waals surface area contributed by atoms with Crippen LogP contribution >= 0.6 is 0 Å². The lowest BCUT2D eigenvalue weighted by Crippen LogP contribution is -2.53. The molecule has 0 spiro atoms. The highest BCUT2D eigenvalue weighted by molar-refractivity contribution is 7.89. The van der Waals surface area contributed by atoms with Crippen LogP contribution in [0.2, 0.25) is 0 Å². The molecule has 1 heterocycles. The van der Waals surface area contributed by atoms with Crippen LogP contribution in [0.1, 0.15) is 19.4 Å². The predicted molar refractivity (Wildman–Crippen MR) is 159 cm³/mol. The first kappa shape index (κ1) is 31.9. The second-order valence-corrected chi connectivity index (χ2v) is 12.7. The smallest absolute Gasteiger partial charge is 0.415 e. The number of sulfonamides is 1. The third-order valence-electron chi connectivity index (χ3n) is 6.97. The van der Waals surface area contributed by atoms with Gasteiger partial charge in [0.15, 0.2) is 6.10 Å². The van der Waals surface area contributed by atoms with E-state index in [0.29, 0.717) is 5.75 Å². The molecule has 3 aromatic carbocycles. The Kier molecular flexibility index (Phi) is 10.4. The maximum Gasteiger partial charge on any atom is 0.415 e. The molecular weight excluding hydrogens is 577 g/mol. The van der Waals surface area contributed by atoms with Crippen LogP contribution in [0.5, 0.6) is 5.75 Å². The topological polar surface area (TPSA) is 125 Å². The Labute approximate surface area is 251 Å². The van der Waals surface area contributed by atoms with Crippen molar-refractivity contribution in [1.29, 1.82) is 0 Å². The Morgan fingerprint density at radius 2 is 1.79 bits per heavy atom. The molecule has 12 heteroatoms. The monoisotopic (exact) mass is 613 g/mol. The van der Waals surface area contributed by atoms with E-state index in [4.69, 9.17) is 9.47 Å². The first-order valence-electron chi connectivity index (χ1n) is 13.9. The van der Waals surface area contributed by atoms with Gasteiger partial charge < -0.3 is 19.9 Å². The number of methoxy groups -OCH3 is 1. The third kappa shape index (κ3) is 8.09. The molecule has 3 atom stereocenters. The van der Waals surface area contributed by atoms with Gasteiger partial charge in [-0.25, -0.2) is 17.6 Å². The summed E-state index contributed by atoms with van der Waals surface area (Å²) < 4.78 is 52.7. The molecule has 230 valence electrons. The summed E-state index contributed by atoms with van der Waals surface area (Å²) in [5.74, 6) is -0.766. The number of carbonyl (C=O) groups excluding carboxylic acids is 2. The van der Waals surface area contributed by atoms with Gasteiger partial charge in [0.05, 0.1) is 36.4 Å². The number of halogens is 1. The van der Waals surface area contributed by atoms with Crippen molar-refractivity contribution in [3.63, 3.8) is 0 Å². The zero-order valence-electron chi connectivity index (χ0n) is 24.2. The third-order valence-corrected chi connectivity index (χ3v) is 8.82. The second-order valence-electron chi connectivity index (χ2n) is 10.7. The zero-order chi connectivity index (χ0) is 31.1. The fourth-order valence-electron chi connectivity index (χ4n) is 4.79. The first-order chi connectivity index (χ1) is 20.5. The van der Waals surface area contributed by atoms with E-state index < -0.39 is 46.1 Å². The number of cyclic esters (lactones) is 1. The van der Waals surface area contributed by atoms with Crippen LogP contribution in [-0.4, -0.2) is 74.8 Å². The Morgan fingerprint density at radius 3 is 2.42 bits per heavy atom. The lowest BCUT2D eigenvalue weighted by molar-refractivity contribution is -0.129. The number of carbonyl (C=O) groups is 2. The minimum Gasteiger partial charge on any atom is -0.497 e. The highest BCUT2D eigenvalue weighted by atomic mass is 32.2. The molecule has 0 radical (unpaired) electrons. The highest BCUT2D eigenvalue weighted by Gasteiger charge is 2.39. The Hall–Kier alpha value is -4.00. The van der Waals surface area contributed by atoms with Gasteiger partial charge in [0.1, 0.15) is 11.6 Å². The summed E-state index contributed by atoms with van der Waals surface area (Å²) in [6, 6.07) is 19.5. The van der Waals surface area contributed by atoms with Crippen molar-refractivity contribution < 1.29 is 37.0 Å². The summed E-state index contributed by atoms with van der Waals surface area (Å²) in [6.45, 7) is 3.40. The zero-order valence-corrected chi connectivity index (χ0v) is 25.0. The van der Waals surface area contributed by atoms with Crippen LogP contribution in [0.4, 0.5) is 14.9 Å². The van der Waals surface area contributed by atoms with E-state index in [1.165, 1.54) is 41.7 Å². The van der Waals surface area contributed by atoms with E-state index in [9.17, 15) is 27.5 Å². The van der Waals surface area contributed by atoms with Gasteiger partial charge in [-0.3, -0.25) is 9.69 Å². The number of aliphatic hydroxyl groups is 1. The van der Waals surface area contributed by atoms with Gasteiger partial charge in [0.2, 0.25) is 10.0 Å². The normalized spacial score (nSPS) is 16.7. The van der Waals surface area contributed by atoms with E-state index in [0.717, 1.165) is 16.5 Å². The van der Waals surface area contributed by atoms with Gasteiger partial charge in [-0.15, -0.1) is 0 Å². The van der Waals surface area contributed by atoms with Crippen molar-refractivity contribution in [2.45, 2.75) is 43.4 Å². The molecule has 2 N–H and O–H groups in total. The Balaban J connectivity index is 1.55. The summed E-state index contributed by atoms with van der Waals surface area (Å²) >= 11 is 0. The van der Waals surface area contributed by atoms with E-state index in [1.54, 1.807) is 12.1 Å². The molecule has 0 aliphatic carbocycles. The van der Waals surface area contributed by atoms with Gasteiger partial charge in [-0.2, -0.15) is 4.31 Å². The summed E-state index contributed by atoms with van der Waals surface area (Å²) in [4.78, 5) is 27.1. The number of nitrogens with one attached hydrogen (secondary N) is 1. The van der Waals surface area contributed by atoms with Crippen molar-refractivity contribution in [3.05, 3.63) is 90.2 Å². The largest absolute Gasteiger partial charge is 0.497 e. The lowest BCUT2D eigenvalue weighted by atomic mass is 10.0. The number of aliphatic hydroxyl groups excluding tert-OH is 1. The van der Waals surface area contributed by atoms with Gasteiger partial charge in [-0.05, 0) is 60.4 Å². The Bertz CT molecular complexity index is 1500. The van der Waals surface area contributed by atoms with Crippen molar-refractivity contribution in [1.82, 2.24) is 9.62 Å². The molecule has 0 saturated carbocycles. The molecule has 0 aromatic heterocycles. The van der Waals surface area contributed by atoms with Crippen molar-refractivity contribution >= 4 is 27.7 Å². The lowest BCUT2D eigenvalue weighted by Gasteiger charge is -2.31. The van der Waals surface area contributed by atoms with Gasteiger partial charge in [-0.1, -0.05) is 50.2 Å². The van der Waals surface area contributed by atoms with Crippen LogP contribution in [0.25, 0.3) is 0 Å². The van der Waals surface area contributed by atoms with Crippen molar-refractivity contribution in [2.75, 3.05) is 31.6 Å². The number of hydrogen-bond donors (Lipinski definition) is 2. The fourth-order valence-corrected chi connectivity index (χ4v) is 6.41. The first-order valence-corrected chi connectivity index (χ1v) is 15.3. The Morgan fingerprint density at radius 1 is 1.09 bits per heavy atom. The van der Waals surface area contributed by atoms with E-state index >= 15 is 0 Å². The molecule has 3 aromatic rings. The summed E-state index contributed by atoms with van der Waals surface area (Å²) in [5, 5.41) is 14.2. The van der Waals surface area contributed by atoms with Crippen molar-refractivity contribution in [3.8, 4) is 5.75 Å². The SMILES string of the molecule is COc1ccc(S(=O)(=O)N(CC(C)C)C[C@H](O)[C@H](Cc2ccccc2)NC(=O)[C@@H]2CN(c3cccc(F)c3)C(=O)O2)cc1. The molecule has 1 aliphatic rings.